The summed E-state index contributed by atoms with van der Waals surface area (Å²) in [6.45, 7) is 8.72. The number of piperidine rings is 1. The molecule has 1 amide bonds. The van der Waals surface area contributed by atoms with Gasteiger partial charge in [0.1, 0.15) is 5.84 Å². The smallest absolute Gasteiger partial charge is 0.276 e. The molecular formula is C21H34N4O2. The zero-order valence-electron chi connectivity index (χ0n) is 16.7. The van der Waals surface area contributed by atoms with Crippen LogP contribution in [0.4, 0.5) is 0 Å². The highest BCUT2D eigenvalue weighted by atomic mass is 16.5. The Balaban J connectivity index is 1.37. The Kier molecular flexibility index (Phi) is 7.07. The maximum Gasteiger partial charge on any atom is 0.276 e. The lowest BCUT2D eigenvalue weighted by Gasteiger charge is -2.34. The van der Waals surface area contributed by atoms with Crippen LogP contribution >= 0.6 is 0 Å². The predicted octanol–water partition coefficient (Wildman–Crippen LogP) is 2.86. The van der Waals surface area contributed by atoms with Crippen LogP contribution in [-0.2, 0) is 4.79 Å². The summed E-state index contributed by atoms with van der Waals surface area (Å²) in [6, 6.07) is 0. The van der Waals surface area contributed by atoms with Crippen LogP contribution in [-0.4, -0.2) is 48.0 Å². The van der Waals surface area contributed by atoms with Gasteiger partial charge >= 0.3 is 0 Å². The Morgan fingerprint density at radius 1 is 1.11 bits per heavy atom. The summed E-state index contributed by atoms with van der Waals surface area (Å²) in [4.78, 5) is 18.3. The molecule has 150 valence electrons. The van der Waals surface area contributed by atoms with Gasteiger partial charge in [-0.25, -0.2) is 10.5 Å². The summed E-state index contributed by atoms with van der Waals surface area (Å²) >= 11 is 0. The number of carbonyl (C=O) groups is 1. The van der Waals surface area contributed by atoms with Gasteiger partial charge in [-0.05, 0) is 75.6 Å². The first-order valence-corrected chi connectivity index (χ1v) is 10.4. The Bertz CT molecular complexity index is 610. The van der Waals surface area contributed by atoms with Crippen molar-refractivity contribution in [2.75, 3.05) is 26.2 Å². The number of hydrogen-bond donors (Lipinski definition) is 3. The van der Waals surface area contributed by atoms with Gasteiger partial charge in [0.2, 0.25) is 0 Å². The van der Waals surface area contributed by atoms with Crippen LogP contribution in [0, 0.1) is 17.8 Å². The average Bonchev–Trinajstić information content (AvgIpc) is 2.67. The number of hydrogen-bond acceptors (Lipinski definition) is 4. The van der Waals surface area contributed by atoms with Crippen LogP contribution in [0.2, 0.25) is 0 Å². The molecule has 0 spiro atoms. The molecule has 3 rings (SSSR count). The van der Waals surface area contributed by atoms with Crippen LogP contribution in [0.3, 0.4) is 0 Å². The van der Waals surface area contributed by atoms with Gasteiger partial charge in [-0.1, -0.05) is 19.8 Å². The number of amides is 1. The summed E-state index contributed by atoms with van der Waals surface area (Å²) in [5.41, 5.74) is 2.74. The maximum atomic E-state index is 11.5. The van der Waals surface area contributed by atoms with E-state index in [1.54, 1.807) is 17.6 Å². The van der Waals surface area contributed by atoms with Gasteiger partial charge in [-0.3, -0.25) is 10.0 Å². The van der Waals surface area contributed by atoms with E-state index in [1.807, 2.05) is 6.92 Å². The van der Waals surface area contributed by atoms with E-state index in [1.165, 1.54) is 45.1 Å². The molecule has 3 N–H and O–H groups in total. The lowest BCUT2D eigenvalue weighted by atomic mass is 9.83. The summed E-state index contributed by atoms with van der Waals surface area (Å²) in [6.07, 6.45) is 11.4. The van der Waals surface area contributed by atoms with Crippen molar-refractivity contribution in [1.29, 1.82) is 0 Å². The minimum atomic E-state index is -0.499. The van der Waals surface area contributed by atoms with Crippen molar-refractivity contribution in [3.05, 3.63) is 23.4 Å². The van der Waals surface area contributed by atoms with Crippen molar-refractivity contribution < 1.29 is 10.0 Å². The zero-order valence-corrected chi connectivity index (χ0v) is 16.7. The average molecular weight is 375 g/mol. The van der Waals surface area contributed by atoms with Gasteiger partial charge in [0, 0.05) is 13.1 Å². The molecule has 27 heavy (non-hydrogen) atoms. The van der Waals surface area contributed by atoms with E-state index < -0.39 is 5.91 Å². The summed E-state index contributed by atoms with van der Waals surface area (Å²) in [7, 11) is 0. The molecule has 3 aliphatic rings. The van der Waals surface area contributed by atoms with E-state index in [-0.39, 0.29) is 0 Å². The lowest BCUT2D eigenvalue weighted by molar-refractivity contribution is -0.125. The molecule has 6 heteroatoms. The number of allylic oxidation sites excluding steroid dienone is 1. The Labute approximate surface area is 162 Å². The standard InChI is InChI=1S/C21H34N4O2/c1-15-3-5-17(6-4-15)13-22-14-18-9-11-25(12-10-18)16(2)23-20-8-7-19(20)21(26)24-27/h7-8,15,17-18,22,27H,3-6,9-14H2,1-2H3,(H,24,26)/b23-16+. The van der Waals surface area contributed by atoms with E-state index in [0.717, 1.165) is 43.2 Å². The van der Waals surface area contributed by atoms with Gasteiger partial charge in [0.25, 0.3) is 5.91 Å². The number of hydroxylamine groups is 1. The van der Waals surface area contributed by atoms with E-state index >= 15 is 0 Å². The second-order valence-electron chi connectivity index (χ2n) is 8.45. The normalized spacial score (nSPS) is 26.9. The SMILES string of the molecule is C/C(=N\C1=C(C(=O)NO)C=C1)N1CCC(CNCC2CCC(C)CC2)CC1. The van der Waals surface area contributed by atoms with Crippen LogP contribution in [0.5, 0.6) is 0 Å². The molecule has 1 heterocycles. The van der Waals surface area contributed by atoms with Gasteiger partial charge in [0.15, 0.2) is 0 Å². The summed E-state index contributed by atoms with van der Waals surface area (Å²) in [5, 5.41) is 12.5. The zero-order chi connectivity index (χ0) is 19.2. The second kappa shape index (κ2) is 9.51. The Hall–Kier alpha value is -1.66. The minimum absolute atomic E-state index is 0.438. The second-order valence-corrected chi connectivity index (χ2v) is 8.45. The first-order valence-electron chi connectivity index (χ1n) is 10.4. The first-order chi connectivity index (χ1) is 13.1. The van der Waals surface area contributed by atoms with Crippen molar-refractivity contribution >= 4 is 11.7 Å². The number of amidine groups is 1. The number of nitrogens with one attached hydrogen (secondary N) is 2. The predicted molar refractivity (Wildman–Crippen MR) is 107 cm³/mol. The molecule has 0 aromatic heterocycles. The summed E-state index contributed by atoms with van der Waals surface area (Å²) < 4.78 is 0. The minimum Gasteiger partial charge on any atom is -0.360 e. The van der Waals surface area contributed by atoms with Gasteiger partial charge in [-0.2, -0.15) is 0 Å². The van der Waals surface area contributed by atoms with Crippen molar-refractivity contribution in [2.24, 2.45) is 22.7 Å². The molecule has 1 saturated carbocycles. The molecule has 2 fully saturated rings. The molecule has 0 aromatic rings. The van der Waals surface area contributed by atoms with Crippen LogP contribution in [0.15, 0.2) is 28.4 Å². The highest BCUT2D eigenvalue weighted by Gasteiger charge is 2.23. The molecule has 0 aromatic carbocycles. The van der Waals surface area contributed by atoms with Crippen molar-refractivity contribution in [3.8, 4) is 0 Å². The van der Waals surface area contributed by atoms with E-state index in [4.69, 9.17) is 5.21 Å². The van der Waals surface area contributed by atoms with Crippen molar-refractivity contribution in [1.82, 2.24) is 15.7 Å². The highest BCUT2D eigenvalue weighted by Crippen LogP contribution is 2.28. The van der Waals surface area contributed by atoms with Gasteiger partial charge < -0.3 is 10.2 Å². The van der Waals surface area contributed by atoms with E-state index in [0.29, 0.717) is 11.3 Å². The fourth-order valence-electron chi connectivity index (χ4n) is 4.32. The van der Waals surface area contributed by atoms with Crippen LogP contribution in [0.1, 0.15) is 52.4 Å². The third-order valence-corrected chi connectivity index (χ3v) is 6.39. The topological polar surface area (TPSA) is 77.0 Å². The number of nitrogens with zero attached hydrogens (tertiary/aromatic N) is 2. The van der Waals surface area contributed by atoms with Gasteiger partial charge in [-0.15, -0.1) is 0 Å². The highest BCUT2D eigenvalue weighted by molar-refractivity contribution is 5.99. The van der Waals surface area contributed by atoms with Crippen molar-refractivity contribution in [3.63, 3.8) is 0 Å². The lowest BCUT2D eigenvalue weighted by Crippen LogP contribution is -2.40. The van der Waals surface area contributed by atoms with Gasteiger partial charge in [0.05, 0.1) is 11.3 Å². The molecule has 0 atom stereocenters. The van der Waals surface area contributed by atoms with Crippen LogP contribution < -0.4 is 10.8 Å². The third-order valence-electron chi connectivity index (χ3n) is 6.39. The third kappa shape index (κ3) is 5.42. The first kappa shape index (κ1) is 20.1. The van der Waals surface area contributed by atoms with E-state index in [9.17, 15) is 4.79 Å². The number of likely N-dealkylation sites (tertiary alicyclic amines) is 1. The molecule has 1 saturated heterocycles. The molecule has 0 radical (unpaired) electrons. The molecule has 0 unspecified atom stereocenters. The molecule has 6 nitrogen and oxygen atoms in total. The van der Waals surface area contributed by atoms with Crippen molar-refractivity contribution in [2.45, 2.75) is 52.4 Å². The number of rotatable bonds is 6. The Morgan fingerprint density at radius 2 is 1.74 bits per heavy atom. The number of carbonyl (C=O) groups excluding carboxylic acids is 1. The number of aliphatic imine (C=N–C) groups is 1. The molecule has 1 aliphatic heterocycles. The molecule has 0 bridgehead atoms. The van der Waals surface area contributed by atoms with E-state index in [2.05, 4.69) is 22.1 Å². The quantitative estimate of drug-likeness (QED) is 0.289. The van der Waals surface area contributed by atoms with Crippen LogP contribution in [0.25, 0.3) is 0 Å². The largest absolute Gasteiger partial charge is 0.360 e. The Morgan fingerprint density at radius 3 is 2.30 bits per heavy atom. The fourth-order valence-corrected chi connectivity index (χ4v) is 4.32. The molecular weight excluding hydrogens is 340 g/mol. The summed E-state index contributed by atoms with van der Waals surface area (Å²) in [5.74, 6) is 3.00. The fraction of sp³-hybridized carbons (Fsp3) is 0.714. The maximum absolute atomic E-state index is 11.5. The molecule has 2 aliphatic carbocycles. The monoisotopic (exact) mass is 374 g/mol.